The molecule has 1 aromatic heterocycles. The Bertz CT molecular complexity index is 638. The van der Waals surface area contributed by atoms with Crippen LogP contribution in [0.15, 0.2) is 36.4 Å². The smallest absolute Gasteiger partial charge is 0.387 e. The molecule has 1 aromatic carbocycles. The van der Waals surface area contributed by atoms with Crippen molar-refractivity contribution in [2.45, 2.75) is 20.1 Å². The van der Waals surface area contributed by atoms with Crippen LogP contribution in [-0.2, 0) is 13.6 Å². The number of carbonyl (C=O) groups excluding carboxylic acids is 1. The largest absolute Gasteiger partial charge is 0.434 e. The molecule has 1 N–H and O–H groups in total. The van der Waals surface area contributed by atoms with Gasteiger partial charge in [0.25, 0.3) is 5.91 Å². The van der Waals surface area contributed by atoms with E-state index in [9.17, 15) is 13.6 Å². The molecule has 112 valence electrons. The van der Waals surface area contributed by atoms with Crippen LogP contribution in [0.1, 0.15) is 21.7 Å². The first kappa shape index (κ1) is 15.0. The van der Waals surface area contributed by atoms with Crippen LogP contribution in [0.2, 0.25) is 0 Å². The predicted octanol–water partition coefficient (Wildman–Crippen LogP) is 2.86. The molecule has 0 saturated heterocycles. The van der Waals surface area contributed by atoms with Crippen LogP contribution in [0.25, 0.3) is 0 Å². The van der Waals surface area contributed by atoms with Crippen LogP contribution in [0.4, 0.5) is 8.78 Å². The molecule has 0 aliphatic carbocycles. The van der Waals surface area contributed by atoms with Crippen LogP contribution in [-0.4, -0.2) is 17.1 Å². The molecule has 0 saturated carbocycles. The van der Waals surface area contributed by atoms with Gasteiger partial charge in [-0.05, 0) is 31.2 Å². The van der Waals surface area contributed by atoms with Gasteiger partial charge in [-0.15, -0.1) is 0 Å². The summed E-state index contributed by atoms with van der Waals surface area (Å²) >= 11 is 0. The summed E-state index contributed by atoms with van der Waals surface area (Å²) in [7, 11) is 1.89. The first-order chi connectivity index (χ1) is 9.99. The number of rotatable bonds is 5. The number of nitrogens with zero attached hydrogens (tertiary/aromatic N) is 1. The SMILES string of the molecule is Cc1ccc(CNC(=O)c2ccccc2OC(F)F)n1C. The highest BCUT2D eigenvalue weighted by atomic mass is 19.3. The fraction of sp³-hybridized carbons (Fsp3) is 0.267. The average molecular weight is 294 g/mol. The maximum Gasteiger partial charge on any atom is 0.387 e. The second kappa shape index (κ2) is 6.39. The Morgan fingerprint density at radius 2 is 2.00 bits per heavy atom. The number of alkyl halides is 2. The lowest BCUT2D eigenvalue weighted by Gasteiger charge is -2.11. The Morgan fingerprint density at radius 1 is 1.29 bits per heavy atom. The highest BCUT2D eigenvalue weighted by Gasteiger charge is 2.15. The molecule has 4 nitrogen and oxygen atoms in total. The number of aromatic nitrogens is 1. The monoisotopic (exact) mass is 294 g/mol. The van der Waals surface area contributed by atoms with Crippen molar-refractivity contribution in [3.8, 4) is 5.75 Å². The summed E-state index contributed by atoms with van der Waals surface area (Å²) in [5.74, 6) is -0.585. The lowest BCUT2D eigenvalue weighted by molar-refractivity contribution is -0.0501. The molecule has 1 heterocycles. The summed E-state index contributed by atoms with van der Waals surface area (Å²) in [5, 5.41) is 2.70. The van der Waals surface area contributed by atoms with E-state index >= 15 is 0 Å². The fourth-order valence-corrected chi connectivity index (χ4v) is 1.96. The zero-order valence-corrected chi connectivity index (χ0v) is 11.8. The molecule has 0 fully saturated rings. The minimum Gasteiger partial charge on any atom is -0.434 e. The van der Waals surface area contributed by atoms with E-state index in [1.807, 2.05) is 30.7 Å². The van der Waals surface area contributed by atoms with Gasteiger partial charge in [0.15, 0.2) is 0 Å². The number of nitrogens with one attached hydrogen (secondary N) is 1. The molecular formula is C15H16F2N2O2. The predicted molar refractivity (Wildman–Crippen MR) is 74.4 cm³/mol. The maximum absolute atomic E-state index is 12.3. The molecular weight excluding hydrogens is 278 g/mol. The first-order valence-corrected chi connectivity index (χ1v) is 6.42. The van der Waals surface area contributed by atoms with Crippen LogP contribution in [0, 0.1) is 6.92 Å². The van der Waals surface area contributed by atoms with E-state index in [0.29, 0.717) is 6.54 Å². The summed E-state index contributed by atoms with van der Waals surface area (Å²) in [6, 6.07) is 9.76. The van der Waals surface area contributed by atoms with E-state index in [1.165, 1.54) is 18.2 Å². The Kier molecular flexibility index (Phi) is 4.57. The summed E-state index contributed by atoms with van der Waals surface area (Å²) in [4.78, 5) is 12.1. The molecule has 21 heavy (non-hydrogen) atoms. The summed E-state index contributed by atoms with van der Waals surface area (Å²) < 4.78 is 30.9. The molecule has 2 aromatic rings. The number of carbonyl (C=O) groups is 1. The van der Waals surface area contributed by atoms with Crippen molar-refractivity contribution in [3.63, 3.8) is 0 Å². The zero-order valence-electron chi connectivity index (χ0n) is 11.8. The minimum atomic E-state index is -2.96. The number of halogens is 2. The van der Waals surface area contributed by atoms with Crippen molar-refractivity contribution >= 4 is 5.91 Å². The fourth-order valence-electron chi connectivity index (χ4n) is 1.96. The number of hydrogen-bond acceptors (Lipinski definition) is 2. The van der Waals surface area contributed by atoms with Crippen molar-refractivity contribution in [3.05, 3.63) is 53.3 Å². The molecule has 0 unspecified atom stereocenters. The lowest BCUT2D eigenvalue weighted by atomic mass is 10.2. The molecule has 2 rings (SSSR count). The highest BCUT2D eigenvalue weighted by Crippen LogP contribution is 2.20. The van der Waals surface area contributed by atoms with Gasteiger partial charge in [0, 0.05) is 18.4 Å². The van der Waals surface area contributed by atoms with Gasteiger partial charge < -0.3 is 14.6 Å². The molecule has 0 radical (unpaired) electrons. The summed E-state index contributed by atoms with van der Waals surface area (Å²) in [6.07, 6.45) is 0. The number of aryl methyl sites for hydroxylation is 1. The number of para-hydroxylation sites is 1. The molecule has 0 aliphatic heterocycles. The third-order valence-electron chi connectivity index (χ3n) is 3.25. The normalized spacial score (nSPS) is 10.7. The van der Waals surface area contributed by atoms with Gasteiger partial charge in [-0.1, -0.05) is 12.1 Å². The van der Waals surface area contributed by atoms with Gasteiger partial charge in [-0.25, -0.2) is 0 Å². The number of benzene rings is 1. The highest BCUT2D eigenvalue weighted by molar-refractivity contribution is 5.96. The first-order valence-electron chi connectivity index (χ1n) is 6.42. The van der Waals surface area contributed by atoms with Crippen LogP contribution in [0.3, 0.4) is 0 Å². The van der Waals surface area contributed by atoms with Gasteiger partial charge in [0.2, 0.25) is 0 Å². The Hall–Kier alpha value is -2.37. The van der Waals surface area contributed by atoms with Gasteiger partial charge in [0.1, 0.15) is 5.75 Å². The Labute approximate surface area is 121 Å². The number of hydrogen-bond donors (Lipinski definition) is 1. The molecule has 1 amide bonds. The van der Waals surface area contributed by atoms with Crippen molar-refractivity contribution in [2.24, 2.45) is 7.05 Å². The van der Waals surface area contributed by atoms with Gasteiger partial charge >= 0.3 is 6.61 Å². The zero-order chi connectivity index (χ0) is 15.4. The molecule has 0 aliphatic rings. The van der Waals surface area contributed by atoms with Crippen molar-refractivity contribution in [2.75, 3.05) is 0 Å². The second-order valence-corrected chi connectivity index (χ2v) is 4.58. The summed E-state index contributed by atoms with van der Waals surface area (Å²) in [5.41, 5.74) is 2.08. The topological polar surface area (TPSA) is 43.3 Å². The Balaban J connectivity index is 2.08. The van der Waals surface area contributed by atoms with Gasteiger partial charge in [-0.2, -0.15) is 8.78 Å². The molecule has 0 atom stereocenters. The third-order valence-corrected chi connectivity index (χ3v) is 3.25. The van der Waals surface area contributed by atoms with Gasteiger partial charge in [0.05, 0.1) is 12.1 Å². The molecule has 0 spiro atoms. The number of amides is 1. The van der Waals surface area contributed by atoms with Crippen molar-refractivity contribution in [1.29, 1.82) is 0 Å². The minimum absolute atomic E-state index is 0.0868. The summed E-state index contributed by atoms with van der Waals surface area (Å²) in [6.45, 7) is -0.696. The van der Waals surface area contributed by atoms with Crippen molar-refractivity contribution < 1.29 is 18.3 Å². The van der Waals surface area contributed by atoms with E-state index in [-0.39, 0.29) is 11.3 Å². The van der Waals surface area contributed by atoms with E-state index in [1.54, 1.807) is 6.07 Å². The lowest BCUT2D eigenvalue weighted by Crippen LogP contribution is -2.25. The van der Waals surface area contributed by atoms with Crippen molar-refractivity contribution in [1.82, 2.24) is 9.88 Å². The Morgan fingerprint density at radius 3 is 2.62 bits per heavy atom. The maximum atomic E-state index is 12.3. The average Bonchev–Trinajstić information content (AvgIpc) is 2.76. The van der Waals surface area contributed by atoms with Crippen LogP contribution < -0.4 is 10.1 Å². The van der Waals surface area contributed by atoms with E-state index in [0.717, 1.165) is 11.4 Å². The van der Waals surface area contributed by atoms with E-state index in [4.69, 9.17) is 0 Å². The van der Waals surface area contributed by atoms with Crippen LogP contribution >= 0.6 is 0 Å². The van der Waals surface area contributed by atoms with E-state index in [2.05, 4.69) is 10.1 Å². The quantitative estimate of drug-likeness (QED) is 0.921. The molecule has 6 heteroatoms. The molecule has 0 bridgehead atoms. The van der Waals surface area contributed by atoms with Gasteiger partial charge in [-0.3, -0.25) is 4.79 Å². The standard InChI is InChI=1S/C15H16F2N2O2/c1-10-7-8-11(19(10)2)9-18-14(20)12-5-3-4-6-13(12)21-15(16)17/h3-8,15H,9H2,1-2H3,(H,18,20). The third kappa shape index (κ3) is 3.59. The number of ether oxygens (including phenoxy) is 1. The second-order valence-electron chi connectivity index (χ2n) is 4.58. The van der Waals surface area contributed by atoms with E-state index < -0.39 is 12.5 Å². The van der Waals surface area contributed by atoms with Crippen LogP contribution in [0.5, 0.6) is 5.75 Å².